The lowest BCUT2D eigenvalue weighted by Crippen LogP contribution is -2.36. The third-order valence-corrected chi connectivity index (χ3v) is 3.38. The van der Waals surface area contributed by atoms with Gasteiger partial charge in [-0.15, -0.1) is 0 Å². The second-order valence-electron chi connectivity index (χ2n) is 4.78. The summed E-state index contributed by atoms with van der Waals surface area (Å²) in [6, 6.07) is 3.52. The predicted octanol–water partition coefficient (Wildman–Crippen LogP) is 2.19. The number of nitrogens with one attached hydrogen (secondary N) is 1. The van der Waals surface area contributed by atoms with Crippen molar-refractivity contribution in [1.82, 2.24) is 10.2 Å². The highest BCUT2D eigenvalue weighted by Crippen LogP contribution is 2.19. The topological polar surface area (TPSA) is 52.6 Å². The zero-order chi connectivity index (χ0) is 15.1. The van der Waals surface area contributed by atoms with E-state index in [9.17, 15) is 14.3 Å². The molecule has 0 amide bonds. The maximum Gasteiger partial charge on any atom is 0.325 e. The number of benzene rings is 1. The minimum absolute atomic E-state index is 0.192. The second-order valence-corrected chi connectivity index (χ2v) is 4.78. The van der Waals surface area contributed by atoms with Crippen LogP contribution >= 0.6 is 0 Å². The summed E-state index contributed by atoms with van der Waals surface area (Å²) in [5.41, 5.74) is 1.04. The lowest BCUT2D eigenvalue weighted by Gasteiger charge is -2.21. The van der Waals surface area contributed by atoms with E-state index >= 15 is 0 Å². The average molecular weight is 282 g/mol. The fourth-order valence-corrected chi connectivity index (χ4v) is 2.12. The third-order valence-electron chi connectivity index (χ3n) is 3.38. The van der Waals surface area contributed by atoms with Gasteiger partial charge >= 0.3 is 5.97 Å². The Morgan fingerprint density at radius 3 is 2.60 bits per heavy atom. The van der Waals surface area contributed by atoms with Crippen LogP contribution in [-0.2, 0) is 4.79 Å². The molecule has 2 N–H and O–H groups in total. The minimum atomic E-state index is -1.06. The summed E-state index contributed by atoms with van der Waals surface area (Å²) in [5, 5.41) is 12.2. The summed E-state index contributed by atoms with van der Waals surface area (Å²) < 4.78 is 13.8. The molecule has 1 aromatic carbocycles. The highest BCUT2D eigenvalue weighted by Gasteiger charge is 2.22. The van der Waals surface area contributed by atoms with Gasteiger partial charge in [-0.3, -0.25) is 10.1 Å². The Labute approximate surface area is 119 Å². The van der Waals surface area contributed by atoms with Crippen LogP contribution < -0.4 is 5.32 Å². The first-order valence-electron chi connectivity index (χ1n) is 6.94. The van der Waals surface area contributed by atoms with E-state index in [-0.39, 0.29) is 5.56 Å². The Morgan fingerprint density at radius 2 is 2.05 bits per heavy atom. The number of hydrogen-bond acceptors (Lipinski definition) is 3. The Balaban J connectivity index is 2.75. The van der Waals surface area contributed by atoms with Crippen molar-refractivity contribution in [3.63, 3.8) is 0 Å². The smallest absolute Gasteiger partial charge is 0.325 e. The molecule has 0 bridgehead atoms. The number of carboxylic acids is 1. The monoisotopic (exact) mass is 282 g/mol. The Bertz CT molecular complexity index is 447. The van der Waals surface area contributed by atoms with Gasteiger partial charge in [0.25, 0.3) is 0 Å². The first-order chi connectivity index (χ1) is 9.49. The molecule has 1 atom stereocenters. The summed E-state index contributed by atoms with van der Waals surface area (Å²) >= 11 is 0. The molecule has 4 nitrogen and oxygen atoms in total. The molecule has 0 saturated carbocycles. The molecular formula is C15H23FN2O2. The van der Waals surface area contributed by atoms with Crippen molar-refractivity contribution in [3.8, 4) is 0 Å². The fourth-order valence-electron chi connectivity index (χ4n) is 2.12. The van der Waals surface area contributed by atoms with Gasteiger partial charge in [-0.1, -0.05) is 31.5 Å². The van der Waals surface area contributed by atoms with E-state index in [0.717, 1.165) is 25.2 Å². The van der Waals surface area contributed by atoms with Crippen LogP contribution in [0, 0.1) is 12.7 Å². The molecule has 0 radical (unpaired) electrons. The zero-order valence-corrected chi connectivity index (χ0v) is 12.3. The first-order valence-corrected chi connectivity index (χ1v) is 6.94. The highest BCUT2D eigenvalue weighted by molar-refractivity contribution is 5.75. The number of halogens is 1. The molecular weight excluding hydrogens is 259 g/mol. The molecule has 1 unspecified atom stereocenters. The quantitative estimate of drug-likeness (QED) is 0.767. The predicted molar refractivity (Wildman–Crippen MR) is 77.3 cm³/mol. The molecule has 5 heteroatoms. The van der Waals surface area contributed by atoms with Crippen molar-refractivity contribution >= 4 is 5.97 Å². The van der Waals surface area contributed by atoms with Gasteiger partial charge in [0.1, 0.15) is 11.9 Å². The van der Waals surface area contributed by atoms with E-state index in [0.29, 0.717) is 6.54 Å². The lowest BCUT2D eigenvalue weighted by atomic mass is 10.0. The van der Waals surface area contributed by atoms with E-state index in [4.69, 9.17) is 0 Å². The van der Waals surface area contributed by atoms with Gasteiger partial charge in [-0.05, 0) is 26.1 Å². The van der Waals surface area contributed by atoms with Crippen molar-refractivity contribution in [2.45, 2.75) is 26.8 Å². The van der Waals surface area contributed by atoms with Crippen LogP contribution in [0.3, 0.4) is 0 Å². The molecule has 0 aliphatic carbocycles. The van der Waals surface area contributed by atoms with Crippen molar-refractivity contribution < 1.29 is 14.3 Å². The van der Waals surface area contributed by atoms with E-state index in [1.807, 2.05) is 6.92 Å². The summed E-state index contributed by atoms with van der Waals surface area (Å²) in [7, 11) is 0. The van der Waals surface area contributed by atoms with Crippen molar-refractivity contribution in [1.29, 1.82) is 0 Å². The zero-order valence-electron chi connectivity index (χ0n) is 12.3. The number of aryl methyl sites for hydroxylation is 1. The normalized spacial score (nSPS) is 12.7. The first kappa shape index (κ1) is 16.6. The largest absolute Gasteiger partial charge is 0.480 e. The van der Waals surface area contributed by atoms with Crippen LogP contribution in [-0.4, -0.2) is 42.2 Å². The fraction of sp³-hybridized carbons (Fsp3) is 0.533. The molecule has 0 fully saturated rings. The number of nitrogens with zero attached hydrogens (tertiary/aromatic N) is 1. The van der Waals surface area contributed by atoms with Gasteiger partial charge in [-0.2, -0.15) is 0 Å². The van der Waals surface area contributed by atoms with Gasteiger partial charge < -0.3 is 10.0 Å². The van der Waals surface area contributed by atoms with E-state index in [2.05, 4.69) is 24.1 Å². The molecule has 0 aliphatic rings. The van der Waals surface area contributed by atoms with Gasteiger partial charge in [-0.25, -0.2) is 4.39 Å². The number of likely N-dealkylation sites (N-methyl/N-ethyl adjacent to an activating group) is 1. The van der Waals surface area contributed by atoms with E-state index < -0.39 is 17.8 Å². The van der Waals surface area contributed by atoms with Crippen molar-refractivity contribution in [2.24, 2.45) is 0 Å². The number of carbonyl (C=O) groups is 1. The lowest BCUT2D eigenvalue weighted by molar-refractivity contribution is -0.139. The summed E-state index contributed by atoms with van der Waals surface area (Å²) in [5.74, 6) is -1.55. The number of rotatable bonds is 8. The maximum atomic E-state index is 13.8. The molecule has 20 heavy (non-hydrogen) atoms. The number of carboxylic acid groups (broad SMARTS) is 1. The number of hydrogen-bond donors (Lipinski definition) is 2. The SMILES string of the molecule is CCN(CC)CCNC(C(=O)O)c1cc(C)ccc1F. The highest BCUT2D eigenvalue weighted by atomic mass is 19.1. The Kier molecular flexibility index (Phi) is 6.61. The average Bonchev–Trinajstić information content (AvgIpc) is 2.42. The molecule has 1 rings (SSSR count). The molecule has 0 heterocycles. The summed E-state index contributed by atoms with van der Waals surface area (Å²) in [4.78, 5) is 13.5. The van der Waals surface area contributed by atoms with Gasteiger partial charge in [0, 0.05) is 18.7 Å². The standard InChI is InChI=1S/C15H23FN2O2/c1-4-18(5-2)9-8-17-14(15(19)20)12-10-11(3)6-7-13(12)16/h6-7,10,14,17H,4-5,8-9H2,1-3H3,(H,19,20). The van der Waals surface area contributed by atoms with Crippen molar-refractivity contribution in [2.75, 3.05) is 26.2 Å². The summed E-state index contributed by atoms with van der Waals surface area (Å²) in [6.07, 6.45) is 0. The second kappa shape index (κ2) is 7.97. The molecule has 1 aromatic rings. The van der Waals surface area contributed by atoms with Crippen molar-refractivity contribution in [3.05, 3.63) is 35.1 Å². The van der Waals surface area contributed by atoms with Crippen LogP contribution in [0.2, 0.25) is 0 Å². The van der Waals surface area contributed by atoms with Crippen LogP contribution in [0.1, 0.15) is 31.0 Å². The third kappa shape index (κ3) is 4.58. The van der Waals surface area contributed by atoms with Crippen LogP contribution in [0.15, 0.2) is 18.2 Å². The van der Waals surface area contributed by atoms with Gasteiger partial charge in [0.05, 0.1) is 0 Å². The van der Waals surface area contributed by atoms with E-state index in [1.54, 1.807) is 12.1 Å². The van der Waals surface area contributed by atoms with Gasteiger partial charge in [0.15, 0.2) is 0 Å². The van der Waals surface area contributed by atoms with Gasteiger partial charge in [0.2, 0.25) is 0 Å². The minimum Gasteiger partial charge on any atom is -0.480 e. The number of aliphatic carboxylic acids is 1. The Morgan fingerprint density at radius 1 is 1.40 bits per heavy atom. The molecule has 0 aromatic heterocycles. The van der Waals surface area contributed by atoms with Crippen LogP contribution in [0.4, 0.5) is 4.39 Å². The molecule has 0 aliphatic heterocycles. The van der Waals surface area contributed by atoms with Crippen LogP contribution in [0.5, 0.6) is 0 Å². The molecule has 112 valence electrons. The van der Waals surface area contributed by atoms with Crippen LogP contribution in [0.25, 0.3) is 0 Å². The van der Waals surface area contributed by atoms with E-state index in [1.165, 1.54) is 6.07 Å². The molecule has 0 spiro atoms. The maximum absolute atomic E-state index is 13.8. The molecule has 0 saturated heterocycles. The summed E-state index contributed by atoms with van der Waals surface area (Å²) in [6.45, 7) is 8.99. The Hall–Kier alpha value is -1.46.